The van der Waals surface area contributed by atoms with Crippen molar-refractivity contribution in [3.8, 4) is 0 Å². The molecule has 1 aromatic rings. The molecular weight excluding hydrogens is 174 g/mol. The Morgan fingerprint density at radius 1 is 1.43 bits per heavy atom. The van der Waals surface area contributed by atoms with E-state index >= 15 is 0 Å². The highest BCUT2D eigenvalue weighted by atomic mass is 15.3. The maximum Gasteiger partial charge on any atom is 0.0672 e. The summed E-state index contributed by atoms with van der Waals surface area (Å²) in [5, 5.41) is 7.91. The van der Waals surface area contributed by atoms with Crippen LogP contribution in [0.5, 0.6) is 0 Å². The largest absolute Gasteiger partial charge is 0.315 e. The van der Waals surface area contributed by atoms with Crippen molar-refractivity contribution in [2.75, 3.05) is 7.05 Å². The van der Waals surface area contributed by atoms with Crippen LogP contribution in [0.25, 0.3) is 0 Å². The Kier molecular flexibility index (Phi) is 2.87. The minimum Gasteiger partial charge on any atom is -0.315 e. The van der Waals surface area contributed by atoms with Gasteiger partial charge >= 0.3 is 0 Å². The number of nitrogens with zero attached hydrogens (tertiary/aromatic N) is 2. The number of aryl methyl sites for hydroxylation is 1. The molecule has 1 saturated carbocycles. The van der Waals surface area contributed by atoms with Gasteiger partial charge in [-0.3, -0.25) is 4.68 Å². The van der Waals surface area contributed by atoms with E-state index in [-0.39, 0.29) is 0 Å². The van der Waals surface area contributed by atoms with Crippen molar-refractivity contribution in [2.45, 2.75) is 44.7 Å². The molecule has 0 aliphatic heterocycles. The molecule has 3 heteroatoms. The van der Waals surface area contributed by atoms with E-state index in [2.05, 4.69) is 34.4 Å². The summed E-state index contributed by atoms with van der Waals surface area (Å²) < 4.78 is 2.13. The van der Waals surface area contributed by atoms with Gasteiger partial charge in [0.1, 0.15) is 0 Å². The van der Waals surface area contributed by atoms with Crippen LogP contribution >= 0.6 is 0 Å². The first kappa shape index (κ1) is 9.71. The van der Waals surface area contributed by atoms with Crippen LogP contribution in [0.2, 0.25) is 0 Å². The highest BCUT2D eigenvalue weighted by Crippen LogP contribution is 2.27. The normalized spacial score (nSPS) is 27.9. The van der Waals surface area contributed by atoms with E-state index in [1.807, 2.05) is 6.92 Å². The molecule has 0 radical (unpaired) electrons. The summed E-state index contributed by atoms with van der Waals surface area (Å²) in [7, 11) is 2.05. The molecule has 2 rings (SSSR count). The van der Waals surface area contributed by atoms with Gasteiger partial charge in [-0.1, -0.05) is 12.8 Å². The number of nitrogens with one attached hydrogen (secondary N) is 1. The van der Waals surface area contributed by atoms with Crippen LogP contribution in [0.3, 0.4) is 0 Å². The van der Waals surface area contributed by atoms with E-state index in [1.165, 1.54) is 25.7 Å². The van der Waals surface area contributed by atoms with Crippen molar-refractivity contribution in [3.63, 3.8) is 0 Å². The average molecular weight is 193 g/mol. The summed E-state index contributed by atoms with van der Waals surface area (Å²) in [6.45, 7) is 2.05. The molecule has 0 spiro atoms. The highest BCUT2D eigenvalue weighted by Gasteiger charge is 2.25. The summed E-state index contributed by atoms with van der Waals surface area (Å²) in [6, 6.07) is 3.24. The van der Waals surface area contributed by atoms with Crippen molar-refractivity contribution >= 4 is 0 Å². The van der Waals surface area contributed by atoms with Crippen LogP contribution in [0.4, 0.5) is 0 Å². The molecular formula is C11H19N3. The zero-order valence-electron chi connectivity index (χ0n) is 9.03. The Morgan fingerprint density at radius 3 is 2.86 bits per heavy atom. The lowest BCUT2D eigenvalue weighted by Crippen LogP contribution is -2.37. The highest BCUT2D eigenvalue weighted by molar-refractivity contribution is 4.98. The first-order chi connectivity index (χ1) is 6.81. The number of rotatable bonds is 2. The molecule has 1 fully saturated rings. The second kappa shape index (κ2) is 4.13. The molecule has 2 atom stereocenters. The lowest BCUT2D eigenvalue weighted by molar-refractivity contribution is 0.257. The van der Waals surface area contributed by atoms with Crippen molar-refractivity contribution < 1.29 is 0 Å². The number of aromatic nitrogens is 2. The topological polar surface area (TPSA) is 29.9 Å². The van der Waals surface area contributed by atoms with Crippen LogP contribution in [-0.2, 0) is 0 Å². The number of hydrogen-bond acceptors (Lipinski definition) is 2. The van der Waals surface area contributed by atoms with Crippen molar-refractivity contribution in [2.24, 2.45) is 0 Å². The Labute approximate surface area is 85.5 Å². The summed E-state index contributed by atoms with van der Waals surface area (Å²) in [5.74, 6) is 0. The van der Waals surface area contributed by atoms with Crippen molar-refractivity contribution in [1.29, 1.82) is 0 Å². The fraction of sp³-hybridized carbons (Fsp3) is 0.727. The maximum atomic E-state index is 4.51. The molecule has 14 heavy (non-hydrogen) atoms. The SMILES string of the molecule is CNC1CCCCC1n1ccc(C)n1. The third-order valence-electron chi connectivity index (χ3n) is 3.18. The van der Waals surface area contributed by atoms with Gasteiger partial charge in [-0.15, -0.1) is 0 Å². The van der Waals surface area contributed by atoms with Gasteiger partial charge in [0.25, 0.3) is 0 Å². The molecule has 1 heterocycles. The van der Waals surface area contributed by atoms with E-state index < -0.39 is 0 Å². The van der Waals surface area contributed by atoms with E-state index in [1.54, 1.807) is 0 Å². The number of hydrogen-bond donors (Lipinski definition) is 1. The molecule has 1 N–H and O–H groups in total. The van der Waals surface area contributed by atoms with Gasteiger partial charge in [0.2, 0.25) is 0 Å². The third-order valence-corrected chi connectivity index (χ3v) is 3.18. The maximum absolute atomic E-state index is 4.51. The van der Waals surface area contributed by atoms with Crippen molar-refractivity contribution in [3.05, 3.63) is 18.0 Å². The molecule has 0 amide bonds. The van der Waals surface area contributed by atoms with Crippen LogP contribution in [0.1, 0.15) is 37.4 Å². The van der Waals surface area contributed by atoms with Gasteiger partial charge < -0.3 is 5.32 Å². The fourth-order valence-corrected chi connectivity index (χ4v) is 2.38. The Balaban J connectivity index is 2.14. The van der Waals surface area contributed by atoms with Crippen LogP contribution in [0.15, 0.2) is 12.3 Å². The quantitative estimate of drug-likeness (QED) is 0.777. The van der Waals surface area contributed by atoms with E-state index in [0.717, 1.165) is 5.69 Å². The number of likely N-dealkylation sites (N-methyl/N-ethyl adjacent to an activating group) is 1. The van der Waals surface area contributed by atoms with Crippen LogP contribution in [-0.4, -0.2) is 22.9 Å². The third kappa shape index (κ3) is 1.82. The van der Waals surface area contributed by atoms with Gasteiger partial charge in [-0.2, -0.15) is 5.10 Å². The van der Waals surface area contributed by atoms with E-state index in [0.29, 0.717) is 12.1 Å². The second-order valence-electron chi connectivity index (χ2n) is 4.18. The minimum atomic E-state index is 0.558. The monoisotopic (exact) mass is 193 g/mol. The predicted octanol–water partition coefficient (Wildman–Crippen LogP) is 1.89. The van der Waals surface area contributed by atoms with Crippen molar-refractivity contribution in [1.82, 2.24) is 15.1 Å². The molecule has 0 bridgehead atoms. The molecule has 2 unspecified atom stereocenters. The Bertz CT molecular complexity index is 292. The Morgan fingerprint density at radius 2 is 2.21 bits per heavy atom. The zero-order chi connectivity index (χ0) is 9.97. The molecule has 0 aromatic carbocycles. The molecule has 3 nitrogen and oxygen atoms in total. The first-order valence-electron chi connectivity index (χ1n) is 5.50. The van der Waals surface area contributed by atoms with Gasteiger partial charge in [0.05, 0.1) is 11.7 Å². The Hall–Kier alpha value is -0.830. The smallest absolute Gasteiger partial charge is 0.0672 e. The van der Waals surface area contributed by atoms with Gasteiger partial charge in [0, 0.05) is 12.2 Å². The summed E-state index contributed by atoms with van der Waals surface area (Å²) >= 11 is 0. The summed E-state index contributed by atoms with van der Waals surface area (Å²) in [4.78, 5) is 0. The van der Waals surface area contributed by atoms with E-state index in [9.17, 15) is 0 Å². The molecule has 1 aromatic heterocycles. The second-order valence-corrected chi connectivity index (χ2v) is 4.18. The molecule has 1 aliphatic rings. The molecule has 1 aliphatic carbocycles. The lowest BCUT2D eigenvalue weighted by Gasteiger charge is -2.31. The van der Waals surface area contributed by atoms with E-state index in [4.69, 9.17) is 0 Å². The van der Waals surface area contributed by atoms with Crippen LogP contribution < -0.4 is 5.32 Å². The van der Waals surface area contributed by atoms with Gasteiger partial charge in [0.15, 0.2) is 0 Å². The first-order valence-corrected chi connectivity index (χ1v) is 5.50. The minimum absolute atomic E-state index is 0.558. The van der Waals surface area contributed by atoms with Gasteiger partial charge in [-0.25, -0.2) is 0 Å². The standard InChI is InChI=1S/C11H19N3/c1-9-7-8-14(13-9)11-6-4-3-5-10(11)12-2/h7-8,10-12H,3-6H2,1-2H3. The van der Waals surface area contributed by atoms with Crippen LogP contribution in [0, 0.1) is 6.92 Å². The average Bonchev–Trinajstić information content (AvgIpc) is 2.65. The molecule has 0 saturated heterocycles. The predicted molar refractivity (Wildman–Crippen MR) is 57.3 cm³/mol. The lowest BCUT2D eigenvalue weighted by atomic mass is 9.90. The summed E-state index contributed by atoms with van der Waals surface area (Å²) in [5.41, 5.74) is 1.12. The fourth-order valence-electron chi connectivity index (χ4n) is 2.38. The van der Waals surface area contributed by atoms with Gasteiger partial charge in [-0.05, 0) is 32.9 Å². The summed E-state index contributed by atoms with van der Waals surface area (Å²) in [6.07, 6.45) is 7.33. The molecule has 78 valence electrons. The zero-order valence-corrected chi connectivity index (χ0v) is 9.03.